The van der Waals surface area contributed by atoms with E-state index in [-0.39, 0.29) is 23.8 Å². The predicted octanol–water partition coefficient (Wildman–Crippen LogP) is 5.20. The van der Waals surface area contributed by atoms with Crippen LogP contribution in [-0.2, 0) is 16.0 Å². The number of carbonyl (C=O) groups excluding carboxylic acids is 2. The Morgan fingerprint density at radius 1 is 1.14 bits per heavy atom. The first kappa shape index (κ1) is 20.4. The molecule has 0 saturated carbocycles. The van der Waals surface area contributed by atoms with Crippen LogP contribution in [0.2, 0.25) is 5.02 Å². The van der Waals surface area contributed by atoms with Crippen molar-refractivity contribution >= 4 is 29.1 Å². The van der Waals surface area contributed by atoms with Gasteiger partial charge in [0.1, 0.15) is 0 Å². The SMILES string of the molecule is Cc1ccc(NC(=O)C[C@@H](C)CC(=O)N[C@@H]2CCCc3ccccc32)cc1Cl. The lowest BCUT2D eigenvalue weighted by Gasteiger charge is -2.26. The Morgan fingerprint density at radius 2 is 1.89 bits per heavy atom. The topological polar surface area (TPSA) is 58.2 Å². The van der Waals surface area contributed by atoms with E-state index in [0.717, 1.165) is 24.8 Å². The summed E-state index contributed by atoms with van der Waals surface area (Å²) in [5, 5.41) is 6.63. The van der Waals surface area contributed by atoms with Crippen molar-refractivity contribution in [2.75, 3.05) is 5.32 Å². The van der Waals surface area contributed by atoms with Crippen molar-refractivity contribution in [2.24, 2.45) is 5.92 Å². The molecule has 2 amide bonds. The van der Waals surface area contributed by atoms with Crippen LogP contribution in [0.3, 0.4) is 0 Å². The standard InChI is InChI=1S/C23H27ClN2O2/c1-15(12-22(27)25-18-11-10-16(2)20(24)14-18)13-23(28)26-21-9-5-7-17-6-3-4-8-19(17)21/h3-4,6,8,10-11,14-15,21H,5,7,9,12-13H2,1-2H3,(H,25,27)(H,26,28)/t15-,21-/m1/s1. The summed E-state index contributed by atoms with van der Waals surface area (Å²) >= 11 is 6.10. The average Bonchev–Trinajstić information content (AvgIpc) is 2.64. The van der Waals surface area contributed by atoms with Crippen molar-refractivity contribution in [3.8, 4) is 0 Å². The molecule has 3 rings (SSSR count). The van der Waals surface area contributed by atoms with E-state index < -0.39 is 0 Å². The Labute approximate surface area is 171 Å². The fourth-order valence-electron chi connectivity index (χ4n) is 3.74. The third-order valence-electron chi connectivity index (χ3n) is 5.23. The zero-order valence-corrected chi connectivity index (χ0v) is 17.2. The third-order valence-corrected chi connectivity index (χ3v) is 5.64. The molecule has 0 fully saturated rings. The van der Waals surface area contributed by atoms with Gasteiger partial charge in [0.2, 0.25) is 11.8 Å². The number of nitrogens with one attached hydrogen (secondary N) is 2. The van der Waals surface area contributed by atoms with E-state index in [1.165, 1.54) is 11.1 Å². The number of hydrogen-bond donors (Lipinski definition) is 2. The molecule has 4 nitrogen and oxygen atoms in total. The smallest absolute Gasteiger partial charge is 0.224 e. The van der Waals surface area contributed by atoms with E-state index in [4.69, 9.17) is 11.6 Å². The van der Waals surface area contributed by atoms with Crippen molar-refractivity contribution < 1.29 is 9.59 Å². The van der Waals surface area contributed by atoms with Crippen LogP contribution in [0.4, 0.5) is 5.69 Å². The second-order valence-corrected chi connectivity index (χ2v) is 8.14. The summed E-state index contributed by atoms with van der Waals surface area (Å²) in [5.41, 5.74) is 4.19. The summed E-state index contributed by atoms with van der Waals surface area (Å²) in [6.07, 6.45) is 3.74. The number of aryl methyl sites for hydroxylation is 2. The van der Waals surface area contributed by atoms with Crippen molar-refractivity contribution in [2.45, 2.75) is 52.0 Å². The molecule has 1 aliphatic rings. The molecule has 0 aromatic heterocycles. The van der Waals surface area contributed by atoms with Gasteiger partial charge in [-0.2, -0.15) is 0 Å². The molecule has 5 heteroatoms. The molecule has 0 saturated heterocycles. The summed E-state index contributed by atoms with van der Waals surface area (Å²) in [7, 11) is 0. The van der Waals surface area contributed by atoms with Crippen LogP contribution < -0.4 is 10.6 Å². The molecule has 2 aromatic carbocycles. The zero-order chi connectivity index (χ0) is 20.1. The first-order chi connectivity index (χ1) is 13.4. The summed E-state index contributed by atoms with van der Waals surface area (Å²) in [4.78, 5) is 24.8. The maximum Gasteiger partial charge on any atom is 0.224 e. The lowest BCUT2D eigenvalue weighted by molar-refractivity contribution is -0.123. The van der Waals surface area contributed by atoms with E-state index in [1.54, 1.807) is 6.07 Å². The summed E-state index contributed by atoms with van der Waals surface area (Å²) in [6, 6.07) is 13.8. The van der Waals surface area contributed by atoms with Crippen LogP contribution in [0.25, 0.3) is 0 Å². The molecule has 0 aliphatic heterocycles. The molecular formula is C23H27ClN2O2. The summed E-state index contributed by atoms with van der Waals surface area (Å²) in [5.74, 6) is -0.150. The summed E-state index contributed by atoms with van der Waals surface area (Å²) < 4.78 is 0. The number of rotatable bonds is 6. The quantitative estimate of drug-likeness (QED) is 0.702. The number of fused-ring (bicyclic) bond motifs is 1. The minimum atomic E-state index is -0.108. The molecule has 2 aromatic rings. The Balaban J connectivity index is 1.49. The lowest BCUT2D eigenvalue weighted by atomic mass is 9.87. The van der Waals surface area contributed by atoms with Crippen LogP contribution >= 0.6 is 11.6 Å². The molecule has 2 atom stereocenters. The van der Waals surface area contributed by atoms with Gasteiger partial charge in [-0.1, -0.05) is 48.9 Å². The largest absolute Gasteiger partial charge is 0.349 e. The van der Waals surface area contributed by atoms with Crippen LogP contribution in [-0.4, -0.2) is 11.8 Å². The van der Waals surface area contributed by atoms with Crippen LogP contribution in [0.5, 0.6) is 0 Å². The molecule has 28 heavy (non-hydrogen) atoms. The molecule has 0 spiro atoms. The van der Waals surface area contributed by atoms with Crippen molar-refractivity contribution in [3.63, 3.8) is 0 Å². The normalized spacial score (nSPS) is 16.8. The van der Waals surface area contributed by atoms with Gasteiger partial charge in [-0.15, -0.1) is 0 Å². The molecule has 148 valence electrons. The minimum absolute atomic E-state index is 0.000355. The van der Waals surface area contributed by atoms with Crippen LogP contribution in [0, 0.1) is 12.8 Å². The third kappa shape index (κ3) is 5.35. The van der Waals surface area contributed by atoms with Crippen LogP contribution in [0.1, 0.15) is 55.3 Å². The fraction of sp³-hybridized carbons (Fsp3) is 0.391. The van der Waals surface area contributed by atoms with Gasteiger partial charge >= 0.3 is 0 Å². The number of carbonyl (C=O) groups is 2. The molecule has 1 aliphatic carbocycles. The first-order valence-electron chi connectivity index (χ1n) is 9.85. The fourth-order valence-corrected chi connectivity index (χ4v) is 3.93. The molecule has 0 radical (unpaired) electrons. The first-order valence-corrected chi connectivity index (χ1v) is 10.2. The van der Waals surface area contributed by atoms with E-state index in [2.05, 4.69) is 22.8 Å². The maximum absolute atomic E-state index is 12.5. The summed E-state index contributed by atoms with van der Waals surface area (Å²) in [6.45, 7) is 3.84. The van der Waals surface area contributed by atoms with E-state index >= 15 is 0 Å². The molecular weight excluding hydrogens is 372 g/mol. The van der Waals surface area contributed by atoms with Crippen molar-refractivity contribution in [3.05, 3.63) is 64.2 Å². The Bertz CT molecular complexity index is 865. The number of anilines is 1. The lowest BCUT2D eigenvalue weighted by Crippen LogP contribution is -2.32. The number of amides is 2. The predicted molar refractivity (Wildman–Crippen MR) is 113 cm³/mol. The number of halogens is 1. The second kappa shape index (κ2) is 9.24. The van der Waals surface area contributed by atoms with E-state index in [1.807, 2.05) is 38.1 Å². The highest BCUT2D eigenvalue weighted by molar-refractivity contribution is 6.31. The molecule has 0 heterocycles. The van der Waals surface area contributed by atoms with Gasteiger partial charge in [0.25, 0.3) is 0 Å². The van der Waals surface area contributed by atoms with Crippen molar-refractivity contribution in [1.29, 1.82) is 0 Å². The second-order valence-electron chi connectivity index (χ2n) is 7.74. The highest BCUT2D eigenvalue weighted by Gasteiger charge is 2.22. The van der Waals surface area contributed by atoms with Gasteiger partial charge in [-0.05, 0) is 60.9 Å². The Kier molecular flexibility index (Phi) is 6.74. The number of hydrogen-bond acceptors (Lipinski definition) is 2. The van der Waals surface area contributed by atoms with E-state index in [0.29, 0.717) is 23.6 Å². The number of benzene rings is 2. The van der Waals surface area contributed by atoms with Gasteiger partial charge in [0.15, 0.2) is 0 Å². The van der Waals surface area contributed by atoms with Crippen molar-refractivity contribution in [1.82, 2.24) is 5.32 Å². The van der Waals surface area contributed by atoms with Crippen LogP contribution in [0.15, 0.2) is 42.5 Å². The molecule has 0 bridgehead atoms. The maximum atomic E-state index is 12.5. The Morgan fingerprint density at radius 3 is 2.68 bits per heavy atom. The molecule has 0 unspecified atom stereocenters. The highest BCUT2D eigenvalue weighted by atomic mass is 35.5. The van der Waals surface area contributed by atoms with Gasteiger partial charge in [-0.25, -0.2) is 0 Å². The van der Waals surface area contributed by atoms with Gasteiger partial charge < -0.3 is 10.6 Å². The minimum Gasteiger partial charge on any atom is -0.349 e. The van der Waals surface area contributed by atoms with Gasteiger partial charge in [0, 0.05) is 23.6 Å². The van der Waals surface area contributed by atoms with E-state index in [9.17, 15) is 9.59 Å². The average molecular weight is 399 g/mol. The molecule has 2 N–H and O–H groups in total. The monoisotopic (exact) mass is 398 g/mol. The zero-order valence-electron chi connectivity index (χ0n) is 16.4. The Hall–Kier alpha value is -2.33. The highest BCUT2D eigenvalue weighted by Crippen LogP contribution is 2.29. The van der Waals surface area contributed by atoms with Gasteiger partial charge in [0.05, 0.1) is 6.04 Å². The van der Waals surface area contributed by atoms with Gasteiger partial charge in [-0.3, -0.25) is 9.59 Å².